The topological polar surface area (TPSA) is 105 Å². The normalized spacial score (nSPS) is 31.4. The van der Waals surface area contributed by atoms with Crippen LogP contribution in [0.15, 0.2) is 18.5 Å². The molecule has 0 radical (unpaired) electrons. The van der Waals surface area contributed by atoms with E-state index in [2.05, 4.69) is 29.3 Å². The summed E-state index contributed by atoms with van der Waals surface area (Å²) in [6, 6.07) is 1.99. The zero-order chi connectivity index (χ0) is 17.6. The lowest BCUT2D eigenvalue weighted by molar-refractivity contribution is 0.362. The molecule has 0 aromatic carbocycles. The van der Waals surface area contributed by atoms with Crippen LogP contribution in [-0.2, 0) is 15.4 Å². The predicted octanol–water partition coefficient (Wildman–Crippen LogP) is 1.64. The molecule has 6 rings (SSSR count). The lowest BCUT2D eigenvalue weighted by Gasteiger charge is -2.28. The van der Waals surface area contributed by atoms with Crippen LogP contribution in [0.3, 0.4) is 0 Å². The average molecular weight is 372 g/mol. The standard InChI is InChI=1S/C17H20N6O2S/c24-26(25,11-1-2-11)22-17-6-4-16(10-17,5-7-17)15-21-20-13-9-19-14-12(23(13)15)3-8-18-14/h3,8-9,11,18,22H,1-2,4-7,10H2. The molecule has 2 bridgehead atoms. The van der Waals surface area contributed by atoms with Gasteiger partial charge < -0.3 is 4.98 Å². The molecule has 8 nitrogen and oxygen atoms in total. The largest absolute Gasteiger partial charge is 0.345 e. The summed E-state index contributed by atoms with van der Waals surface area (Å²) in [7, 11) is -3.19. The molecule has 136 valence electrons. The Morgan fingerprint density at radius 1 is 1.19 bits per heavy atom. The number of aromatic amines is 1. The third-order valence-electron chi connectivity index (χ3n) is 6.58. The van der Waals surface area contributed by atoms with Crippen LogP contribution in [0.4, 0.5) is 0 Å². The van der Waals surface area contributed by atoms with Gasteiger partial charge in [-0.3, -0.25) is 4.40 Å². The number of sulfonamides is 1. The van der Waals surface area contributed by atoms with Crippen LogP contribution in [0.25, 0.3) is 16.8 Å². The van der Waals surface area contributed by atoms with E-state index in [1.54, 1.807) is 6.20 Å². The molecule has 26 heavy (non-hydrogen) atoms. The van der Waals surface area contributed by atoms with Crippen LogP contribution >= 0.6 is 0 Å². The second-order valence-corrected chi connectivity index (χ2v) is 10.2. The molecule has 3 heterocycles. The first-order valence-corrected chi connectivity index (χ1v) is 10.8. The summed E-state index contributed by atoms with van der Waals surface area (Å²) >= 11 is 0. The average Bonchev–Trinajstić information content (AvgIpc) is 2.96. The van der Waals surface area contributed by atoms with Crippen molar-refractivity contribution >= 4 is 26.8 Å². The molecular weight excluding hydrogens is 352 g/mol. The minimum atomic E-state index is -3.19. The van der Waals surface area contributed by atoms with E-state index in [1.807, 2.05) is 12.3 Å². The van der Waals surface area contributed by atoms with Gasteiger partial charge in [0.15, 0.2) is 11.3 Å². The lowest BCUT2D eigenvalue weighted by Crippen LogP contribution is -2.46. The van der Waals surface area contributed by atoms with Gasteiger partial charge in [-0.2, -0.15) is 0 Å². The minimum Gasteiger partial charge on any atom is -0.345 e. The Balaban J connectivity index is 1.43. The smallest absolute Gasteiger partial charge is 0.214 e. The fraction of sp³-hybridized carbons (Fsp3) is 0.588. The second-order valence-electron chi connectivity index (χ2n) is 8.27. The van der Waals surface area contributed by atoms with Crippen molar-refractivity contribution in [2.24, 2.45) is 0 Å². The fourth-order valence-corrected chi connectivity index (χ4v) is 6.94. The van der Waals surface area contributed by atoms with Crippen LogP contribution in [0.5, 0.6) is 0 Å². The van der Waals surface area contributed by atoms with Gasteiger partial charge in [0.1, 0.15) is 5.82 Å². The monoisotopic (exact) mass is 372 g/mol. The molecule has 0 amide bonds. The van der Waals surface area contributed by atoms with Crippen molar-refractivity contribution in [2.45, 2.75) is 61.1 Å². The van der Waals surface area contributed by atoms with Crippen molar-refractivity contribution in [3.05, 3.63) is 24.3 Å². The number of hydrogen-bond acceptors (Lipinski definition) is 5. The van der Waals surface area contributed by atoms with Gasteiger partial charge in [0.2, 0.25) is 10.0 Å². The van der Waals surface area contributed by atoms with Gasteiger partial charge in [-0.25, -0.2) is 18.1 Å². The summed E-state index contributed by atoms with van der Waals surface area (Å²) in [4.78, 5) is 7.53. The van der Waals surface area contributed by atoms with Crippen molar-refractivity contribution in [1.82, 2.24) is 29.3 Å². The first-order chi connectivity index (χ1) is 12.5. The van der Waals surface area contributed by atoms with Gasteiger partial charge in [0.05, 0.1) is 17.0 Å². The van der Waals surface area contributed by atoms with E-state index in [1.165, 1.54) is 0 Å². The summed E-state index contributed by atoms with van der Waals surface area (Å²) in [6.07, 6.45) is 9.62. The molecule has 0 unspecified atom stereocenters. The molecule has 3 saturated carbocycles. The quantitative estimate of drug-likeness (QED) is 0.724. The molecule has 9 heteroatoms. The fourth-order valence-electron chi connectivity index (χ4n) is 5.13. The number of fused-ring (bicyclic) bond motifs is 5. The van der Waals surface area contributed by atoms with E-state index >= 15 is 0 Å². The Labute approximate surface area is 150 Å². The number of nitrogens with one attached hydrogen (secondary N) is 2. The Bertz CT molecular complexity index is 1130. The van der Waals surface area contributed by atoms with Crippen LogP contribution in [0, 0.1) is 0 Å². The molecule has 2 N–H and O–H groups in total. The summed E-state index contributed by atoms with van der Waals surface area (Å²) in [5.41, 5.74) is 2.10. The molecule has 3 aromatic rings. The maximum Gasteiger partial charge on any atom is 0.214 e. The molecule has 3 fully saturated rings. The summed E-state index contributed by atoms with van der Waals surface area (Å²) in [5.74, 6) is 0.949. The summed E-state index contributed by atoms with van der Waals surface area (Å²) in [5, 5.41) is 8.70. The summed E-state index contributed by atoms with van der Waals surface area (Å²) in [6.45, 7) is 0. The zero-order valence-corrected chi connectivity index (χ0v) is 15.1. The van der Waals surface area contributed by atoms with Gasteiger partial charge in [-0.15, -0.1) is 10.2 Å². The van der Waals surface area contributed by atoms with Crippen molar-refractivity contribution in [1.29, 1.82) is 0 Å². The van der Waals surface area contributed by atoms with E-state index in [-0.39, 0.29) is 16.2 Å². The van der Waals surface area contributed by atoms with Gasteiger partial charge in [0.25, 0.3) is 0 Å². The van der Waals surface area contributed by atoms with Crippen LogP contribution in [0.2, 0.25) is 0 Å². The third kappa shape index (κ3) is 1.92. The number of aromatic nitrogens is 5. The molecular formula is C17H20N6O2S. The molecule has 3 aliphatic carbocycles. The molecule has 3 aromatic heterocycles. The van der Waals surface area contributed by atoms with Gasteiger partial charge >= 0.3 is 0 Å². The van der Waals surface area contributed by atoms with Crippen molar-refractivity contribution in [2.75, 3.05) is 0 Å². The van der Waals surface area contributed by atoms with Crippen molar-refractivity contribution in [3.63, 3.8) is 0 Å². The highest BCUT2D eigenvalue weighted by Crippen LogP contribution is 2.57. The van der Waals surface area contributed by atoms with E-state index < -0.39 is 10.0 Å². The maximum atomic E-state index is 12.5. The van der Waals surface area contributed by atoms with Crippen molar-refractivity contribution < 1.29 is 8.42 Å². The Hall–Kier alpha value is -2.00. The zero-order valence-electron chi connectivity index (χ0n) is 14.3. The third-order valence-corrected chi connectivity index (χ3v) is 8.65. The number of H-pyrrole nitrogens is 1. The number of nitrogens with zero attached hydrogens (tertiary/aromatic N) is 4. The van der Waals surface area contributed by atoms with Crippen molar-refractivity contribution in [3.8, 4) is 0 Å². The first kappa shape index (κ1) is 15.1. The van der Waals surface area contributed by atoms with E-state index in [4.69, 9.17) is 0 Å². The highest BCUT2D eigenvalue weighted by Gasteiger charge is 2.59. The SMILES string of the molecule is O=S(=O)(NC12CCC(c3nnc4cnc5[nH]ccc5n34)(CC1)C2)C1CC1. The number of rotatable bonds is 4. The Morgan fingerprint density at radius 3 is 2.77 bits per heavy atom. The van der Waals surface area contributed by atoms with Crippen LogP contribution < -0.4 is 4.72 Å². The van der Waals surface area contributed by atoms with Gasteiger partial charge in [-0.05, 0) is 51.0 Å². The molecule has 0 atom stereocenters. The highest BCUT2D eigenvalue weighted by molar-refractivity contribution is 7.90. The molecule has 0 spiro atoms. The lowest BCUT2D eigenvalue weighted by atomic mass is 9.83. The van der Waals surface area contributed by atoms with E-state index in [9.17, 15) is 8.42 Å². The number of hydrogen-bond donors (Lipinski definition) is 2. The van der Waals surface area contributed by atoms with Gasteiger partial charge in [-0.1, -0.05) is 0 Å². The van der Waals surface area contributed by atoms with E-state index in [0.717, 1.165) is 67.6 Å². The Morgan fingerprint density at radius 2 is 2.00 bits per heavy atom. The summed E-state index contributed by atoms with van der Waals surface area (Å²) < 4.78 is 30.2. The van der Waals surface area contributed by atoms with Gasteiger partial charge in [0, 0.05) is 17.2 Å². The second kappa shape index (κ2) is 4.64. The Kier molecular flexibility index (Phi) is 2.69. The minimum absolute atomic E-state index is 0.114. The highest BCUT2D eigenvalue weighted by atomic mass is 32.2. The maximum absolute atomic E-state index is 12.5. The molecule has 0 saturated heterocycles. The molecule has 0 aliphatic heterocycles. The molecule has 3 aliphatic rings. The predicted molar refractivity (Wildman–Crippen MR) is 95.2 cm³/mol. The first-order valence-electron chi connectivity index (χ1n) is 9.21. The van der Waals surface area contributed by atoms with E-state index in [0.29, 0.717) is 0 Å². The van der Waals surface area contributed by atoms with Crippen LogP contribution in [0.1, 0.15) is 50.8 Å². The van der Waals surface area contributed by atoms with Crippen LogP contribution in [-0.4, -0.2) is 43.8 Å².